The van der Waals surface area contributed by atoms with E-state index in [4.69, 9.17) is 18.0 Å². The quantitative estimate of drug-likeness (QED) is 0.634. The van der Waals surface area contributed by atoms with Gasteiger partial charge >= 0.3 is 0 Å². The number of carbonyl (C=O) groups excluding carboxylic acids is 1. The van der Waals surface area contributed by atoms with Gasteiger partial charge in [0.2, 0.25) is 0 Å². The van der Waals surface area contributed by atoms with Gasteiger partial charge in [-0.25, -0.2) is 8.78 Å². The first-order valence-corrected chi connectivity index (χ1v) is 7.95. The van der Waals surface area contributed by atoms with E-state index in [0.29, 0.717) is 15.3 Å². The van der Waals surface area contributed by atoms with Crippen molar-refractivity contribution in [3.8, 4) is 12.3 Å². The van der Waals surface area contributed by atoms with Gasteiger partial charge < -0.3 is 4.57 Å². The molecule has 3 rings (SSSR count). The number of hydrogen-bond acceptors (Lipinski definition) is 2. The van der Waals surface area contributed by atoms with E-state index in [1.807, 2.05) is 0 Å². The third-order valence-corrected chi connectivity index (χ3v) is 4.47. The maximum absolute atomic E-state index is 14.1. The molecule has 120 valence electrons. The van der Waals surface area contributed by atoms with Crippen molar-refractivity contribution >= 4 is 39.1 Å². The second-order valence-corrected chi connectivity index (χ2v) is 6.28. The highest BCUT2D eigenvalue weighted by Crippen LogP contribution is 2.22. The van der Waals surface area contributed by atoms with Gasteiger partial charge in [-0.05, 0) is 24.3 Å². The van der Waals surface area contributed by atoms with Gasteiger partial charge in [-0.2, -0.15) is 4.99 Å². The molecule has 0 spiro atoms. The first kappa shape index (κ1) is 16.4. The van der Waals surface area contributed by atoms with E-state index in [0.717, 1.165) is 17.4 Å². The van der Waals surface area contributed by atoms with Crippen molar-refractivity contribution in [2.75, 3.05) is 0 Å². The lowest BCUT2D eigenvalue weighted by Crippen LogP contribution is -2.17. The molecule has 0 bridgehead atoms. The highest BCUT2D eigenvalue weighted by atomic mass is 35.5. The first-order chi connectivity index (χ1) is 11.5. The average Bonchev–Trinajstić information content (AvgIpc) is 2.85. The highest BCUT2D eigenvalue weighted by molar-refractivity contribution is 7.16. The van der Waals surface area contributed by atoms with Gasteiger partial charge in [0.15, 0.2) is 10.6 Å². The monoisotopic (exact) mass is 362 g/mol. The van der Waals surface area contributed by atoms with Crippen molar-refractivity contribution in [3.05, 3.63) is 63.4 Å². The van der Waals surface area contributed by atoms with Crippen molar-refractivity contribution in [1.29, 1.82) is 0 Å². The minimum absolute atomic E-state index is 0.00418. The summed E-state index contributed by atoms with van der Waals surface area (Å²) < 4.78 is 29.2. The maximum atomic E-state index is 14.1. The van der Waals surface area contributed by atoms with E-state index in [9.17, 15) is 13.6 Å². The Balaban J connectivity index is 2.22. The number of halogens is 3. The standard InChI is InChI=1S/C17H9ClF2N2OS/c1-2-6-22-15-13(20)8-12(19)9-14(15)24-17(22)21-16(23)10-4-3-5-11(18)7-10/h1,3-5,7-9H,6H2. The Morgan fingerprint density at radius 2 is 2.12 bits per heavy atom. The molecule has 1 amide bonds. The lowest BCUT2D eigenvalue weighted by atomic mass is 10.2. The molecule has 0 aliphatic heterocycles. The van der Waals surface area contributed by atoms with E-state index in [-0.39, 0.29) is 16.9 Å². The molecule has 0 fully saturated rings. The second kappa shape index (κ2) is 6.56. The molecule has 3 aromatic rings. The predicted molar refractivity (Wildman–Crippen MR) is 89.9 cm³/mol. The van der Waals surface area contributed by atoms with Crippen LogP contribution in [0.2, 0.25) is 5.02 Å². The number of hydrogen-bond donors (Lipinski definition) is 0. The predicted octanol–water partition coefficient (Wildman–Crippen LogP) is 4.01. The van der Waals surface area contributed by atoms with Crippen molar-refractivity contribution in [2.45, 2.75) is 6.54 Å². The summed E-state index contributed by atoms with van der Waals surface area (Å²) in [6, 6.07) is 8.25. The molecule has 0 aliphatic carbocycles. The molecule has 7 heteroatoms. The largest absolute Gasteiger partial charge is 0.302 e. The minimum Gasteiger partial charge on any atom is -0.302 e. The molecule has 0 saturated heterocycles. The number of fused-ring (bicyclic) bond motifs is 1. The highest BCUT2D eigenvalue weighted by Gasteiger charge is 2.14. The molecule has 0 atom stereocenters. The second-order valence-electron chi connectivity index (χ2n) is 4.84. The van der Waals surface area contributed by atoms with E-state index >= 15 is 0 Å². The fourth-order valence-electron chi connectivity index (χ4n) is 2.23. The summed E-state index contributed by atoms with van der Waals surface area (Å²) in [4.78, 5) is 16.5. The fraction of sp³-hybridized carbons (Fsp3) is 0.0588. The van der Waals surface area contributed by atoms with Crippen LogP contribution in [-0.4, -0.2) is 10.5 Å². The number of aromatic nitrogens is 1. The summed E-state index contributed by atoms with van der Waals surface area (Å²) in [5.41, 5.74) is 0.413. The SMILES string of the molecule is C#CCn1c(=NC(=O)c2cccc(Cl)c2)sc2cc(F)cc(F)c21. The molecule has 0 N–H and O–H groups in total. The molecule has 1 aromatic heterocycles. The van der Waals surface area contributed by atoms with E-state index in [1.165, 1.54) is 16.7 Å². The molecule has 24 heavy (non-hydrogen) atoms. The van der Waals surface area contributed by atoms with E-state index in [2.05, 4.69) is 10.9 Å². The van der Waals surface area contributed by atoms with Crippen LogP contribution in [0.25, 0.3) is 10.2 Å². The number of terminal acetylenes is 1. The summed E-state index contributed by atoms with van der Waals surface area (Å²) >= 11 is 6.85. The zero-order valence-corrected chi connectivity index (χ0v) is 13.7. The minimum atomic E-state index is -0.756. The Morgan fingerprint density at radius 3 is 2.83 bits per heavy atom. The van der Waals surface area contributed by atoms with Crippen molar-refractivity contribution in [1.82, 2.24) is 4.57 Å². The van der Waals surface area contributed by atoms with Gasteiger partial charge in [0.05, 0.1) is 16.8 Å². The van der Waals surface area contributed by atoms with Crippen LogP contribution in [0, 0.1) is 24.0 Å². The van der Waals surface area contributed by atoms with Crippen LogP contribution >= 0.6 is 22.9 Å². The molecule has 1 heterocycles. The zero-order chi connectivity index (χ0) is 17.3. The molecular formula is C17H9ClF2N2OS. The van der Waals surface area contributed by atoms with Gasteiger partial charge in [0.25, 0.3) is 5.91 Å². The summed E-state index contributed by atoms with van der Waals surface area (Å²) in [5.74, 6) is 0.375. The van der Waals surface area contributed by atoms with Crippen LogP contribution in [0.4, 0.5) is 8.78 Å². The smallest absolute Gasteiger partial charge is 0.279 e. The van der Waals surface area contributed by atoms with Crippen LogP contribution in [-0.2, 0) is 6.54 Å². The van der Waals surface area contributed by atoms with Gasteiger partial charge in [-0.15, -0.1) is 6.42 Å². The van der Waals surface area contributed by atoms with E-state index in [1.54, 1.807) is 18.2 Å². The Labute approximate surface area is 144 Å². The molecule has 0 radical (unpaired) electrons. The van der Waals surface area contributed by atoms with Crippen LogP contribution in [0.5, 0.6) is 0 Å². The number of thiazole rings is 1. The van der Waals surface area contributed by atoms with Crippen LogP contribution in [0.1, 0.15) is 10.4 Å². The Hall–Kier alpha value is -2.49. The molecule has 2 aromatic carbocycles. The van der Waals surface area contributed by atoms with Crippen molar-refractivity contribution in [3.63, 3.8) is 0 Å². The molecule has 0 unspecified atom stereocenters. The number of benzene rings is 2. The topological polar surface area (TPSA) is 34.4 Å². The number of rotatable bonds is 2. The third-order valence-electron chi connectivity index (χ3n) is 3.21. The number of amides is 1. The van der Waals surface area contributed by atoms with E-state index < -0.39 is 17.5 Å². The molecule has 0 aliphatic rings. The lowest BCUT2D eigenvalue weighted by molar-refractivity contribution is 0.0998. The van der Waals surface area contributed by atoms with Gasteiger partial charge in [0, 0.05) is 16.7 Å². The zero-order valence-electron chi connectivity index (χ0n) is 12.1. The Morgan fingerprint density at radius 1 is 1.33 bits per heavy atom. The van der Waals surface area contributed by atoms with Gasteiger partial charge in [-0.3, -0.25) is 4.79 Å². The summed E-state index contributed by atoms with van der Waals surface area (Å²) in [7, 11) is 0. The van der Waals surface area contributed by atoms with Crippen LogP contribution in [0.15, 0.2) is 41.4 Å². The lowest BCUT2D eigenvalue weighted by Gasteiger charge is -2.01. The van der Waals surface area contributed by atoms with Crippen molar-refractivity contribution in [2.24, 2.45) is 4.99 Å². The Kier molecular flexibility index (Phi) is 4.47. The number of nitrogens with zero attached hydrogens (tertiary/aromatic N) is 2. The fourth-order valence-corrected chi connectivity index (χ4v) is 3.48. The Bertz CT molecular complexity index is 1060. The molecular weight excluding hydrogens is 354 g/mol. The normalized spacial score (nSPS) is 11.7. The third kappa shape index (κ3) is 3.09. The average molecular weight is 363 g/mol. The van der Waals surface area contributed by atoms with Gasteiger partial charge in [-0.1, -0.05) is 34.9 Å². The molecule has 3 nitrogen and oxygen atoms in total. The van der Waals surface area contributed by atoms with Crippen LogP contribution < -0.4 is 4.80 Å². The maximum Gasteiger partial charge on any atom is 0.279 e. The van der Waals surface area contributed by atoms with Crippen molar-refractivity contribution < 1.29 is 13.6 Å². The summed E-state index contributed by atoms with van der Waals surface area (Å²) in [5, 5.41) is 0.400. The number of carbonyl (C=O) groups is 1. The summed E-state index contributed by atoms with van der Waals surface area (Å²) in [6.45, 7) is 0.00418. The van der Waals surface area contributed by atoms with Crippen LogP contribution in [0.3, 0.4) is 0 Å². The summed E-state index contributed by atoms with van der Waals surface area (Å²) in [6.07, 6.45) is 5.31. The van der Waals surface area contributed by atoms with Gasteiger partial charge in [0.1, 0.15) is 5.82 Å². The molecule has 0 saturated carbocycles. The first-order valence-electron chi connectivity index (χ1n) is 6.76.